The van der Waals surface area contributed by atoms with Gasteiger partial charge in [-0.2, -0.15) is 10.4 Å². The number of aliphatic hydroxyl groups is 1. The lowest BCUT2D eigenvalue weighted by atomic mass is 9.89. The number of aryl methyl sites for hydroxylation is 2. The summed E-state index contributed by atoms with van der Waals surface area (Å²) < 4.78 is 1.96. The number of unbranched alkanes of at least 4 members (excludes halogenated alkanes) is 1. The van der Waals surface area contributed by atoms with Crippen molar-refractivity contribution >= 4 is 0 Å². The smallest absolute Gasteiger partial charge is 0.0718 e. The van der Waals surface area contributed by atoms with Crippen molar-refractivity contribution in [3.8, 4) is 6.07 Å². The molecular weight excluding hydrogens is 226 g/mol. The Kier molecular flexibility index (Phi) is 4.92. The SMILES string of the molecule is Cc1nn(CCCCC(C)(C)C#N)c(C)c1CO. The molecule has 1 aromatic rings. The molecule has 0 unspecified atom stereocenters. The number of aromatic nitrogens is 2. The fourth-order valence-corrected chi connectivity index (χ4v) is 2.06. The molecule has 0 aliphatic heterocycles. The molecule has 0 aliphatic carbocycles. The van der Waals surface area contributed by atoms with Gasteiger partial charge in [0, 0.05) is 17.8 Å². The van der Waals surface area contributed by atoms with E-state index in [1.165, 1.54) is 0 Å². The first-order valence-corrected chi connectivity index (χ1v) is 6.46. The Bertz CT molecular complexity index is 441. The average Bonchev–Trinajstić information content (AvgIpc) is 2.60. The summed E-state index contributed by atoms with van der Waals surface area (Å²) in [6.07, 6.45) is 2.95. The second-order valence-electron chi connectivity index (χ2n) is 5.48. The summed E-state index contributed by atoms with van der Waals surface area (Å²) in [5.74, 6) is 0. The Morgan fingerprint density at radius 1 is 1.33 bits per heavy atom. The fraction of sp³-hybridized carbons (Fsp3) is 0.714. The molecule has 0 aromatic carbocycles. The van der Waals surface area contributed by atoms with Crippen molar-refractivity contribution in [3.63, 3.8) is 0 Å². The largest absolute Gasteiger partial charge is 0.392 e. The van der Waals surface area contributed by atoms with E-state index in [1.54, 1.807) is 0 Å². The van der Waals surface area contributed by atoms with Gasteiger partial charge in [-0.15, -0.1) is 0 Å². The number of hydrogen-bond donors (Lipinski definition) is 1. The minimum Gasteiger partial charge on any atom is -0.392 e. The molecule has 0 spiro atoms. The van der Waals surface area contributed by atoms with Gasteiger partial charge in [0.1, 0.15) is 0 Å². The molecule has 1 N–H and O–H groups in total. The van der Waals surface area contributed by atoms with Crippen LogP contribution in [0.2, 0.25) is 0 Å². The summed E-state index contributed by atoms with van der Waals surface area (Å²) in [6, 6.07) is 2.32. The molecule has 0 aliphatic rings. The summed E-state index contributed by atoms with van der Waals surface area (Å²) in [5.41, 5.74) is 2.67. The number of hydrogen-bond acceptors (Lipinski definition) is 3. The summed E-state index contributed by atoms with van der Waals surface area (Å²) >= 11 is 0. The predicted molar refractivity (Wildman–Crippen MR) is 70.9 cm³/mol. The van der Waals surface area contributed by atoms with E-state index in [0.29, 0.717) is 0 Å². The lowest BCUT2D eigenvalue weighted by molar-refractivity contribution is 0.280. The normalized spacial score (nSPS) is 11.6. The van der Waals surface area contributed by atoms with E-state index in [0.717, 1.165) is 42.8 Å². The zero-order valence-corrected chi connectivity index (χ0v) is 11.8. The molecule has 18 heavy (non-hydrogen) atoms. The molecule has 0 radical (unpaired) electrons. The molecule has 1 rings (SSSR count). The van der Waals surface area contributed by atoms with Gasteiger partial charge in [-0.1, -0.05) is 6.42 Å². The average molecular weight is 249 g/mol. The third-order valence-electron chi connectivity index (χ3n) is 3.41. The zero-order chi connectivity index (χ0) is 13.8. The molecule has 4 nitrogen and oxygen atoms in total. The maximum atomic E-state index is 9.23. The van der Waals surface area contributed by atoms with Crippen molar-refractivity contribution < 1.29 is 5.11 Å². The van der Waals surface area contributed by atoms with Crippen LogP contribution in [-0.4, -0.2) is 14.9 Å². The Balaban J connectivity index is 2.48. The highest BCUT2D eigenvalue weighted by Crippen LogP contribution is 2.22. The molecular formula is C14H23N3O. The summed E-state index contributed by atoms with van der Waals surface area (Å²) in [5, 5.41) is 22.6. The molecule has 0 saturated carbocycles. The zero-order valence-electron chi connectivity index (χ0n) is 11.8. The van der Waals surface area contributed by atoms with Gasteiger partial charge in [-0.3, -0.25) is 4.68 Å². The molecule has 0 amide bonds. The second-order valence-corrected chi connectivity index (χ2v) is 5.48. The van der Waals surface area contributed by atoms with Crippen molar-refractivity contribution in [2.75, 3.05) is 0 Å². The molecule has 0 fully saturated rings. The number of nitriles is 1. The monoisotopic (exact) mass is 249 g/mol. The topological polar surface area (TPSA) is 61.8 Å². The van der Waals surface area contributed by atoms with Gasteiger partial charge in [0.05, 0.1) is 23.8 Å². The van der Waals surface area contributed by atoms with Crippen LogP contribution in [0, 0.1) is 30.6 Å². The molecule has 0 bridgehead atoms. The number of nitrogens with zero attached hydrogens (tertiary/aromatic N) is 3. The Labute approximate surface area is 109 Å². The van der Waals surface area contributed by atoms with Crippen LogP contribution < -0.4 is 0 Å². The maximum Gasteiger partial charge on any atom is 0.0718 e. The van der Waals surface area contributed by atoms with Crippen LogP contribution in [0.3, 0.4) is 0 Å². The number of aliphatic hydroxyl groups excluding tert-OH is 1. The lowest BCUT2D eigenvalue weighted by Crippen LogP contribution is -2.09. The standard InChI is InChI=1S/C14H23N3O/c1-11-13(9-18)12(2)17(16-11)8-6-5-7-14(3,4)10-15/h18H,5-9H2,1-4H3. The first-order valence-electron chi connectivity index (χ1n) is 6.46. The highest BCUT2D eigenvalue weighted by atomic mass is 16.3. The Hall–Kier alpha value is -1.34. The van der Waals surface area contributed by atoms with Crippen LogP contribution in [0.4, 0.5) is 0 Å². The summed E-state index contributed by atoms with van der Waals surface area (Å²) in [6.45, 7) is 8.77. The van der Waals surface area contributed by atoms with Crippen LogP contribution in [0.5, 0.6) is 0 Å². The van der Waals surface area contributed by atoms with Gasteiger partial charge in [-0.05, 0) is 40.5 Å². The van der Waals surface area contributed by atoms with E-state index in [1.807, 2.05) is 32.4 Å². The third kappa shape index (κ3) is 3.58. The van der Waals surface area contributed by atoms with Crippen molar-refractivity contribution in [1.29, 1.82) is 5.26 Å². The maximum absolute atomic E-state index is 9.23. The van der Waals surface area contributed by atoms with E-state index in [4.69, 9.17) is 5.26 Å². The highest BCUT2D eigenvalue weighted by molar-refractivity contribution is 5.23. The minimum absolute atomic E-state index is 0.0547. The van der Waals surface area contributed by atoms with Gasteiger partial charge in [0.25, 0.3) is 0 Å². The lowest BCUT2D eigenvalue weighted by Gasteiger charge is -2.14. The quantitative estimate of drug-likeness (QED) is 0.788. The van der Waals surface area contributed by atoms with Crippen LogP contribution in [0.1, 0.15) is 50.1 Å². The molecule has 100 valence electrons. The molecule has 0 atom stereocenters. The molecule has 1 heterocycles. The minimum atomic E-state index is -0.231. The van der Waals surface area contributed by atoms with Crippen LogP contribution >= 0.6 is 0 Å². The highest BCUT2D eigenvalue weighted by Gasteiger charge is 2.16. The van der Waals surface area contributed by atoms with Crippen molar-refractivity contribution in [2.45, 2.75) is 60.1 Å². The number of rotatable bonds is 6. The van der Waals surface area contributed by atoms with Gasteiger partial charge >= 0.3 is 0 Å². The van der Waals surface area contributed by atoms with Gasteiger partial charge in [-0.25, -0.2) is 0 Å². The van der Waals surface area contributed by atoms with Gasteiger partial charge in [0.15, 0.2) is 0 Å². The van der Waals surface area contributed by atoms with Crippen LogP contribution in [-0.2, 0) is 13.2 Å². The van der Waals surface area contributed by atoms with E-state index in [9.17, 15) is 5.11 Å². The van der Waals surface area contributed by atoms with E-state index < -0.39 is 0 Å². The van der Waals surface area contributed by atoms with Crippen molar-refractivity contribution in [2.24, 2.45) is 5.41 Å². The summed E-state index contributed by atoms with van der Waals surface area (Å²) in [7, 11) is 0. The molecule has 1 aromatic heterocycles. The van der Waals surface area contributed by atoms with Crippen LogP contribution in [0.15, 0.2) is 0 Å². The Morgan fingerprint density at radius 3 is 2.50 bits per heavy atom. The van der Waals surface area contributed by atoms with Gasteiger partial charge < -0.3 is 5.11 Å². The first kappa shape index (κ1) is 14.7. The van der Waals surface area contributed by atoms with E-state index >= 15 is 0 Å². The molecule has 4 heteroatoms. The van der Waals surface area contributed by atoms with Gasteiger partial charge in [0.2, 0.25) is 0 Å². The van der Waals surface area contributed by atoms with E-state index in [-0.39, 0.29) is 12.0 Å². The van der Waals surface area contributed by atoms with E-state index in [2.05, 4.69) is 11.2 Å². The molecule has 0 saturated heterocycles. The van der Waals surface area contributed by atoms with Crippen LogP contribution in [0.25, 0.3) is 0 Å². The van der Waals surface area contributed by atoms with Crippen molar-refractivity contribution in [1.82, 2.24) is 9.78 Å². The predicted octanol–water partition coefficient (Wildman–Crippen LogP) is 2.71. The third-order valence-corrected chi connectivity index (χ3v) is 3.41. The summed E-state index contributed by atoms with van der Waals surface area (Å²) in [4.78, 5) is 0. The second kappa shape index (κ2) is 6.01. The first-order chi connectivity index (χ1) is 8.41. The van der Waals surface area contributed by atoms with Crippen molar-refractivity contribution in [3.05, 3.63) is 17.0 Å². The Morgan fingerprint density at radius 2 is 2.00 bits per heavy atom. The fourth-order valence-electron chi connectivity index (χ4n) is 2.06.